The number of carbonyl (C=O) groups excluding carboxylic acids is 2. The highest BCUT2D eigenvalue weighted by Gasteiger charge is 2.42. The third-order valence-electron chi connectivity index (χ3n) is 7.26. The highest BCUT2D eigenvalue weighted by Crippen LogP contribution is 2.50. The first-order valence-corrected chi connectivity index (χ1v) is 12.9. The first-order chi connectivity index (χ1) is 15.6. The first-order valence-electron chi connectivity index (χ1n) is 12.9. The summed E-state index contributed by atoms with van der Waals surface area (Å²) < 4.78 is 12.3. The van der Waals surface area contributed by atoms with Crippen LogP contribution in [0.3, 0.4) is 0 Å². The molecule has 0 radical (unpaired) electrons. The largest absolute Gasteiger partial charge is 0.444 e. The zero-order valence-corrected chi connectivity index (χ0v) is 22.8. The predicted molar refractivity (Wildman–Crippen MR) is 137 cm³/mol. The van der Waals surface area contributed by atoms with E-state index in [0.29, 0.717) is 6.54 Å². The van der Waals surface area contributed by atoms with Crippen molar-refractivity contribution in [1.82, 2.24) is 5.32 Å². The molecule has 0 unspecified atom stereocenters. The van der Waals surface area contributed by atoms with E-state index >= 15 is 0 Å². The van der Waals surface area contributed by atoms with Gasteiger partial charge in [0, 0.05) is 18.0 Å². The van der Waals surface area contributed by atoms with Crippen LogP contribution < -0.4 is 5.32 Å². The lowest BCUT2D eigenvalue weighted by Crippen LogP contribution is -2.40. The van der Waals surface area contributed by atoms with Gasteiger partial charge < -0.3 is 14.8 Å². The number of amides is 1. The Kier molecular flexibility index (Phi) is 7.58. The van der Waals surface area contributed by atoms with Gasteiger partial charge in [0.2, 0.25) is 0 Å². The molecule has 0 saturated heterocycles. The van der Waals surface area contributed by atoms with Gasteiger partial charge in [-0.25, -0.2) is 4.79 Å². The van der Waals surface area contributed by atoms with Crippen LogP contribution in [0.2, 0.25) is 0 Å². The third-order valence-corrected chi connectivity index (χ3v) is 7.26. The number of fused-ring (bicyclic) bond motifs is 1. The molecule has 0 aromatic heterocycles. The minimum atomic E-state index is -0.513. The van der Waals surface area contributed by atoms with E-state index in [1.165, 1.54) is 11.1 Å². The van der Waals surface area contributed by atoms with Gasteiger partial charge in [0.1, 0.15) is 5.60 Å². The molecule has 3 atom stereocenters. The lowest BCUT2D eigenvalue weighted by molar-refractivity contribution is -0.0645. The number of nitrogens with one attached hydrogen (secondary N) is 1. The normalized spacial score (nSPS) is 24.4. The van der Waals surface area contributed by atoms with Crippen molar-refractivity contribution in [3.8, 4) is 0 Å². The molecule has 1 saturated carbocycles. The monoisotopic (exact) mass is 471 g/mol. The molecule has 190 valence electrons. The topological polar surface area (TPSA) is 64.6 Å². The molecule has 0 bridgehead atoms. The second-order valence-corrected chi connectivity index (χ2v) is 13.0. The molecule has 3 rings (SSSR count). The molecular weight excluding hydrogens is 426 g/mol. The summed E-state index contributed by atoms with van der Waals surface area (Å²) in [6.07, 6.45) is 4.69. The number of carbonyl (C=O) groups is 2. The second kappa shape index (κ2) is 9.64. The molecule has 34 heavy (non-hydrogen) atoms. The van der Waals surface area contributed by atoms with Crippen LogP contribution in [0, 0.1) is 5.92 Å². The van der Waals surface area contributed by atoms with E-state index < -0.39 is 5.60 Å². The van der Waals surface area contributed by atoms with Gasteiger partial charge in [-0.3, -0.25) is 4.79 Å². The molecular formula is C29H45NO4. The minimum Gasteiger partial charge on any atom is -0.444 e. The average Bonchev–Trinajstić information content (AvgIpc) is 2.94. The summed E-state index contributed by atoms with van der Waals surface area (Å²) in [6, 6.07) is 4.38. The Morgan fingerprint density at radius 2 is 1.71 bits per heavy atom. The van der Waals surface area contributed by atoms with E-state index in [0.717, 1.165) is 43.2 Å². The molecule has 5 heteroatoms. The fraction of sp³-hybridized carbons (Fsp3) is 0.724. The maximum absolute atomic E-state index is 12.8. The number of hydrogen-bond acceptors (Lipinski definition) is 4. The van der Waals surface area contributed by atoms with Crippen LogP contribution in [-0.4, -0.2) is 30.1 Å². The standard InChI is InChI=1S/C29H45NO4/c1-18(31)21-14-20(27(2,3)4)15-22-25(21)24(16-29(22,8)9)33-23-13-11-10-12-19(23)17-30-26(32)34-28(5,6)7/h14-15,19,23-24H,10-13,16-17H2,1-9H3,(H,30,32)/t19-,23+,24+/m0/s1. The molecule has 1 aromatic carbocycles. The van der Waals surface area contributed by atoms with Gasteiger partial charge >= 0.3 is 6.09 Å². The average molecular weight is 472 g/mol. The molecule has 2 aliphatic carbocycles. The van der Waals surface area contributed by atoms with Crippen molar-refractivity contribution in [2.75, 3.05) is 6.54 Å². The van der Waals surface area contributed by atoms with Crippen LogP contribution in [-0.2, 0) is 20.3 Å². The predicted octanol–water partition coefficient (Wildman–Crippen LogP) is 7.01. The third kappa shape index (κ3) is 6.21. The Morgan fingerprint density at radius 3 is 2.29 bits per heavy atom. The number of ether oxygens (including phenoxy) is 2. The maximum atomic E-state index is 12.8. The van der Waals surface area contributed by atoms with Gasteiger partial charge in [0.15, 0.2) is 5.78 Å². The molecule has 1 N–H and O–H groups in total. The Morgan fingerprint density at radius 1 is 1.06 bits per heavy atom. The Labute approximate surface area is 206 Å². The number of ketones is 1. The second-order valence-electron chi connectivity index (χ2n) is 13.0. The first kappa shape index (κ1) is 26.7. The molecule has 5 nitrogen and oxygen atoms in total. The minimum absolute atomic E-state index is 0.0317. The lowest BCUT2D eigenvalue weighted by atomic mass is 9.79. The highest BCUT2D eigenvalue weighted by atomic mass is 16.6. The highest BCUT2D eigenvalue weighted by molar-refractivity contribution is 5.96. The Balaban J connectivity index is 1.84. The fourth-order valence-corrected chi connectivity index (χ4v) is 5.40. The van der Waals surface area contributed by atoms with Gasteiger partial charge in [0.05, 0.1) is 12.2 Å². The maximum Gasteiger partial charge on any atom is 0.407 e. The van der Waals surface area contributed by atoms with Gasteiger partial charge in [-0.15, -0.1) is 0 Å². The van der Waals surface area contributed by atoms with Crippen molar-refractivity contribution in [3.63, 3.8) is 0 Å². The number of alkyl carbamates (subject to hydrolysis) is 1. The lowest BCUT2D eigenvalue weighted by Gasteiger charge is -2.34. The molecule has 1 fully saturated rings. The summed E-state index contributed by atoms with van der Waals surface area (Å²) >= 11 is 0. The SMILES string of the molecule is CC(=O)c1cc(C(C)(C)C)cc2c1[C@H](O[C@@H]1CCCC[C@H]1CNC(=O)OC(C)(C)C)CC2(C)C. The molecule has 1 aromatic rings. The van der Waals surface area contributed by atoms with Crippen molar-refractivity contribution < 1.29 is 19.1 Å². The van der Waals surface area contributed by atoms with Crippen molar-refractivity contribution in [2.24, 2.45) is 5.92 Å². The summed E-state index contributed by atoms with van der Waals surface area (Å²) in [4.78, 5) is 25.0. The van der Waals surface area contributed by atoms with Gasteiger partial charge in [-0.1, -0.05) is 53.5 Å². The molecule has 0 spiro atoms. The number of hydrogen-bond donors (Lipinski definition) is 1. The van der Waals surface area contributed by atoms with Crippen molar-refractivity contribution >= 4 is 11.9 Å². The quantitative estimate of drug-likeness (QED) is 0.469. The molecule has 1 amide bonds. The van der Waals surface area contributed by atoms with Gasteiger partial charge in [-0.2, -0.15) is 0 Å². The smallest absolute Gasteiger partial charge is 0.407 e. The van der Waals surface area contributed by atoms with Crippen LogP contribution in [0.5, 0.6) is 0 Å². The van der Waals surface area contributed by atoms with Crippen LogP contribution in [0.4, 0.5) is 4.79 Å². The molecule has 0 aliphatic heterocycles. The van der Waals surface area contributed by atoms with E-state index in [4.69, 9.17) is 9.47 Å². The van der Waals surface area contributed by atoms with Crippen molar-refractivity contribution in [2.45, 2.75) is 123 Å². The van der Waals surface area contributed by atoms with Crippen LogP contribution in [0.1, 0.15) is 128 Å². The molecule has 2 aliphatic rings. The van der Waals surface area contributed by atoms with Gasteiger partial charge in [-0.05, 0) is 80.5 Å². The van der Waals surface area contributed by atoms with E-state index in [2.05, 4.69) is 52.1 Å². The fourth-order valence-electron chi connectivity index (χ4n) is 5.40. The summed E-state index contributed by atoms with van der Waals surface area (Å²) in [5.74, 6) is 0.337. The van der Waals surface area contributed by atoms with Crippen molar-refractivity contribution in [1.29, 1.82) is 0 Å². The molecule has 0 heterocycles. The summed E-state index contributed by atoms with van der Waals surface area (Å²) in [6.45, 7) is 18.9. The number of Topliss-reactive ketones (excluding diaryl/α,β-unsaturated/α-hetero) is 1. The van der Waals surface area contributed by atoms with Crippen molar-refractivity contribution in [3.05, 3.63) is 34.4 Å². The summed E-state index contributed by atoms with van der Waals surface area (Å²) in [5, 5.41) is 2.96. The van der Waals surface area contributed by atoms with E-state index in [9.17, 15) is 9.59 Å². The number of rotatable bonds is 5. The van der Waals surface area contributed by atoms with Crippen LogP contribution in [0.25, 0.3) is 0 Å². The van der Waals surface area contributed by atoms with E-state index in [1.54, 1.807) is 6.92 Å². The summed E-state index contributed by atoms with van der Waals surface area (Å²) in [7, 11) is 0. The van der Waals surface area contributed by atoms with E-state index in [-0.39, 0.29) is 40.8 Å². The van der Waals surface area contributed by atoms with Gasteiger partial charge in [0.25, 0.3) is 0 Å². The number of benzene rings is 1. The zero-order valence-electron chi connectivity index (χ0n) is 22.8. The summed E-state index contributed by atoms with van der Waals surface area (Å²) in [5.41, 5.74) is 3.71. The Bertz CT molecular complexity index is 919. The van der Waals surface area contributed by atoms with E-state index in [1.807, 2.05) is 20.8 Å². The van der Waals surface area contributed by atoms with Crippen LogP contribution >= 0.6 is 0 Å². The van der Waals surface area contributed by atoms with Crippen LogP contribution in [0.15, 0.2) is 12.1 Å². The Hall–Kier alpha value is -1.88. The zero-order chi connectivity index (χ0) is 25.5.